The molecule has 1 atom stereocenters. The number of halogens is 2. The zero-order valence-electron chi connectivity index (χ0n) is 12.0. The molecule has 0 aliphatic rings. The summed E-state index contributed by atoms with van der Waals surface area (Å²) in [5.41, 5.74) is 12.0. The summed E-state index contributed by atoms with van der Waals surface area (Å²) in [6, 6.07) is 8.87. The second kappa shape index (κ2) is 6.06. The number of hydrogen-bond acceptors (Lipinski definition) is 1. The first kappa shape index (κ1) is 15.2. The predicted octanol–water partition coefficient (Wildman–Crippen LogP) is 4.76. The van der Waals surface area contributed by atoms with Crippen LogP contribution < -0.4 is 5.73 Å². The summed E-state index contributed by atoms with van der Waals surface area (Å²) in [5, 5.41) is 0. The monoisotopic (exact) mass is 335 g/mol. The quantitative estimate of drug-likeness (QED) is 0.860. The van der Waals surface area contributed by atoms with Gasteiger partial charge < -0.3 is 5.73 Å². The molecule has 0 amide bonds. The molecule has 2 N–H and O–H groups in total. The predicted molar refractivity (Wildman–Crippen MR) is 85.4 cm³/mol. The minimum Gasteiger partial charge on any atom is -0.324 e. The molecule has 20 heavy (non-hydrogen) atoms. The van der Waals surface area contributed by atoms with Gasteiger partial charge in [-0.25, -0.2) is 4.39 Å². The Balaban J connectivity index is 2.33. The Morgan fingerprint density at radius 1 is 1.10 bits per heavy atom. The lowest BCUT2D eigenvalue weighted by molar-refractivity contribution is 0.621. The summed E-state index contributed by atoms with van der Waals surface area (Å²) < 4.78 is 14.2. The Morgan fingerprint density at radius 3 is 2.30 bits per heavy atom. The summed E-state index contributed by atoms with van der Waals surface area (Å²) in [6.45, 7) is 6.24. The Bertz CT molecular complexity index is 614. The molecule has 2 aromatic carbocycles. The van der Waals surface area contributed by atoms with Crippen molar-refractivity contribution in [3.05, 3.63) is 68.4 Å². The molecule has 0 radical (unpaired) electrons. The van der Waals surface area contributed by atoms with Gasteiger partial charge in [0, 0.05) is 10.5 Å². The van der Waals surface area contributed by atoms with Crippen molar-refractivity contribution in [3.8, 4) is 0 Å². The molecule has 0 heterocycles. The van der Waals surface area contributed by atoms with E-state index >= 15 is 0 Å². The van der Waals surface area contributed by atoms with E-state index in [2.05, 4.69) is 48.8 Å². The second-order valence-electron chi connectivity index (χ2n) is 5.36. The van der Waals surface area contributed by atoms with Gasteiger partial charge in [-0.3, -0.25) is 0 Å². The SMILES string of the molecule is Cc1cc(C)c(C(N)Cc2cc(F)ccc2Br)c(C)c1. The maximum Gasteiger partial charge on any atom is 0.123 e. The number of rotatable bonds is 3. The molecule has 0 aliphatic heterocycles. The van der Waals surface area contributed by atoms with Crippen molar-refractivity contribution in [3.63, 3.8) is 0 Å². The zero-order chi connectivity index (χ0) is 14.9. The van der Waals surface area contributed by atoms with Gasteiger partial charge in [0.2, 0.25) is 0 Å². The standard InChI is InChI=1S/C17H19BrFN/c1-10-6-11(2)17(12(3)7-10)16(20)9-13-8-14(19)4-5-15(13)18/h4-8,16H,9,20H2,1-3H3. The van der Waals surface area contributed by atoms with Crippen LogP contribution in [0.5, 0.6) is 0 Å². The smallest absolute Gasteiger partial charge is 0.123 e. The van der Waals surface area contributed by atoms with Crippen molar-refractivity contribution >= 4 is 15.9 Å². The van der Waals surface area contributed by atoms with Crippen molar-refractivity contribution in [1.82, 2.24) is 0 Å². The highest BCUT2D eigenvalue weighted by Crippen LogP contribution is 2.27. The van der Waals surface area contributed by atoms with E-state index in [4.69, 9.17) is 5.73 Å². The van der Waals surface area contributed by atoms with E-state index in [-0.39, 0.29) is 11.9 Å². The van der Waals surface area contributed by atoms with Crippen LogP contribution in [0.1, 0.15) is 33.9 Å². The van der Waals surface area contributed by atoms with Gasteiger partial charge in [0.15, 0.2) is 0 Å². The van der Waals surface area contributed by atoms with Crippen LogP contribution in [0.15, 0.2) is 34.8 Å². The summed E-state index contributed by atoms with van der Waals surface area (Å²) in [6.07, 6.45) is 0.614. The maximum absolute atomic E-state index is 13.3. The van der Waals surface area contributed by atoms with Crippen molar-refractivity contribution in [2.24, 2.45) is 5.73 Å². The van der Waals surface area contributed by atoms with Crippen LogP contribution >= 0.6 is 15.9 Å². The summed E-state index contributed by atoms with van der Waals surface area (Å²) in [4.78, 5) is 0. The third kappa shape index (κ3) is 3.28. The summed E-state index contributed by atoms with van der Waals surface area (Å²) >= 11 is 3.46. The zero-order valence-corrected chi connectivity index (χ0v) is 13.6. The third-order valence-electron chi connectivity index (χ3n) is 3.56. The Kier molecular flexibility index (Phi) is 4.61. The molecule has 0 spiro atoms. The van der Waals surface area contributed by atoms with E-state index in [1.165, 1.54) is 22.8 Å². The molecule has 3 heteroatoms. The normalized spacial score (nSPS) is 12.5. The molecule has 0 bridgehead atoms. The van der Waals surface area contributed by atoms with Crippen LogP contribution in [0.2, 0.25) is 0 Å². The van der Waals surface area contributed by atoms with E-state index in [0.29, 0.717) is 6.42 Å². The highest BCUT2D eigenvalue weighted by Gasteiger charge is 2.15. The topological polar surface area (TPSA) is 26.0 Å². The number of benzene rings is 2. The van der Waals surface area contributed by atoms with Crippen molar-refractivity contribution < 1.29 is 4.39 Å². The second-order valence-corrected chi connectivity index (χ2v) is 6.21. The Hall–Kier alpha value is -1.19. The lowest BCUT2D eigenvalue weighted by Gasteiger charge is -2.19. The number of hydrogen-bond donors (Lipinski definition) is 1. The summed E-state index contributed by atoms with van der Waals surface area (Å²) in [5.74, 6) is -0.229. The van der Waals surface area contributed by atoms with Gasteiger partial charge >= 0.3 is 0 Å². The van der Waals surface area contributed by atoms with Crippen LogP contribution in [-0.2, 0) is 6.42 Å². The van der Waals surface area contributed by atoms with Gasteiger partial charge in [0.05, 0.1) is 0 Å². The molecule has 1 nitrogen and oxygen atoms in total. The average Bonchev–Trinajstić information content (AvgIpc) is 2.32. The van der Waals surface area contributed by atoms with Crippen LogP contribution in [0, 0.1) is 26.6 Å². The van der Waals surface area contributed by atoms with Crippen molar-refractivity contribution in [2.75, 3.05) is 0 Å². The maximum atomic E-state index is 13.3. The van der Waals surface area contributed by atoms with Gasteiger partial charge in [-0.1, -0.05) is 33.6 Å². The van der Waals surface area contributed by atoms with E-state index in [1.54, 1.807) is 12.1 Å². The molecule has 0 aromatic heterocycles. The first-order valence-electron chi connectivity index (χ1n) is 6.65. The van der Waals surface area contributed by atoms with Crippen LogP contribution in [0.4, 0.5) is 4.39 Å². The van der Waals surface area contributed by atoms with E-state index in [1.807, 2.05) is 0 Å². The van der Waals surface area contributed by atoms with Crippen molar-refractivity contribution in [2.45, 2.75) is 33.2 Å². The average molecular weight is 336 g/mol. The molecule has 2 rings (SSSR count). The molecule has 0 aliphatic carbocycles. The van der Waals surface area contributed by atoms with Gasteiger partial charge in [-0.2, -0.15) is 0 Å². The molecule has 0 fully saturated rings. The minimum atomic E-state index is -0.229. The molecule has 0 saturated heterocycles. The Labute approximate surface area is 128 Å². The molecule has 106 valence electrons. The highest BCUT2D eigenvalue weighted by atomic mass is 79.9. The van der Waals surface area contributed by atoms with E-state index < -0.39 is 0 Å². The third-order valence-corrected chi connectivity index (χ3v) is 4.33. The fourth-order valence-corrected chi connectivity index (χ4v) is 3.22. The van der Waals surface area contributed by atoms with E-state index in [9.17, 15) is 4.39 Å². The van der Waals surface area contributed by atoms with Gasteiger partial charge in [0.1, 0.15) is 5.82 Å². The van der Waals surface area contributed by atoms with Gasteiger partial charge in [-0.15, -0.1) is 0 Å². The Morgan fingerprint density at radius 2 is 1.70 bits per heavy atom. The van der Waals surface area contributed by atoms with Crippen molar-refractivity contribution in [1.29, 1.82) is 0 Å². The first-order chi connectivity index (χ1) is 9.38. The van der Waals surface area contributed by atoms with Crippen LogP contribution in [-0.4, -0.2) is 0 Å². The van der Waals surface area contributed by atoms with Crippen LogP contribution in [0.3, 0.4) is 0 Å². The highest BCUT2D eigenvalue weighted by molar-refractivity contribution is 9.10. The molecular weight excluding hydrogens is 317 g/mol. The minimum absolute atomic E-state index is 0.131. The van der Waals surface area contributed by atoms with Gasteiger partial charge in [-0.05, 0) is 67.6 Å². The van der Waals surface area contributed by atoms with Gasteiger partial charge in [0.25, 0.3) is 0 Å². The van der Waals surface area contributed by atoms with E-state index in [0.717, 1.165) is 15.6 Å². The lowest BCUT2D eigenvalue weighted by Crippen LogP contribution is -2.16. The largest absolute Gasteiger partial charge is 0.324 e. The number of aryl methyl sites for hydroxylation is 3. The molecule has 1 unspecified atom stereocenters. The summed E-state index contributed by atoms with van der Waals surface area (Å²) in [7, 11) is 0. The molecule has 2 aromatic rings. The lowest BCUT2D eigenvalue weighted by atomic mass is 9.91. The first-order valence-corrected chi connectivity index (χ1v) is 7.45. The fraction of sp³-hybridized carbons (Fsp3) is 0.294. The number of nitrogens with two attached hydrogens (primary N) is 1. The fourth-order valence-electron chi connectivity index (χ4n) is 2.81. The molecule has 0 saturated carbocycles. The van der Waals surface area contributed by atoms with Crippen LogP contribution in [0.25, 0.3) is 0 Å². The molecular formula is C17H19BrFN.